The van der Waals surface area contributed by atoms with Crippen molar-refractivity contribution in [3.63, 3.8) is 0 Å². The van der Waals surface area contributed by atoms with E-state index in [0.29, 0.717) is 18.1 Å². The molecule has 0 spiro atoms. The Balaban J connectivity index is 1.65. The molecule has 2 rings (SSSR count). The second-order valence-corrected chi connectivity index (χ2v) is 7.95. The van der Waals surface area contributed by atoms with Crippen molar-refractivity contribution >= 4 is 61.0 Å². The van der Waals surface area contributed by atoms with Gasteiger partial charge in [-0.3, -0.25) is 20.4 Å². The van der Waals surface area contributed by atoms with Crippen LogP contribution in [0.2, 0.25) is 0 Å². The molecule has 0 bridgehead atoms. The normalized spacial score (nSPS) is 14.0. The fraction of sp³-hybridized carbons (Fsp3) is 0.438. The van der Waals surface area contributed by atoms with Crippen LogP contribution in [0.3, 0.4) is 0 Å². The van der Waals surface area contributed by atoms with Crippen molar-refractivity contribution in [2.45, 2.75) is 32.1 Å². The minimum absolute atomic E-state index is 0.0705. The number of hydrogen-bond donors (Lipinski definition) is 3. The van der Waals surface area contributed by atoms with Gasteiger partial charge in [-0.25, -0.2) is 0 Å². The van der Waals surface area contributed by atoms with Gasteiger partial charge in [0.1, 0.15) is 5.75 Å². The molecule has 0 saturated heterocycles. The van der Waals surface area contributed by atoms with Crippen LogP contribution in [0.1, 0.15) is 32.1 Å². The summed E-state index contributed by atoms with van der Waals surface area (Å²) in [7, 11) is 0. The van der Waals surface area contributed by atoms with Gasteiger partial charge in [0.05, 0.1) is 4.47 Å². The zero-order valence-corrected chi connectivity index (χ0v) is 17.4. The molecule has 1 aliphatic carbocycles. The van der Waals surface area contributed by atoms with Crippen molar-refractivity contribution in [1.29, 1.82) is 0 Å². The van der Waals surface area contributed by atoms with Crippen molar-refractivity contribution in [2.75, 3.05) is 6.61 Å². The van der Waals surface area contributed by atoms with Gasteiger partial charge in [0, 0.05) is 10.9 Å². The average Bonchev–Trinajstić information content (AvgIpc) is 3.04. The van der Waals surface area contributed by atoms with Crippen LogP contribution in [0.15, 0.2) is 27.1 Å². The summed E-state index contributed by atoms with van der Waals surface area (Å²) in [6, 6.07) is 5.37. The topological polar surface area (TPSA) is 79.5 Å². The van der Waals surface area contributed by atoms with Gasteiger partial charge in [0.25, 0.3) is 5.91 Å². The fourth-order valence-corrected chi connectivity index (χ4v) is 3.91. The molecule has 2 amide bonds. The number of rotatable bonds is 5. The first kappa shape index (κ1) is 20.1. The summed E-state index contributed by atoms with van der Waals surface area (Å²) >= 11 is 11.7. The smallest absolute Gasteiger partial charge is 0.276 e. The summed E-state index contributed by atoms with van der Waals surface area (Å²) in [4.78, 5) is 23.6. The molecule has 3 N–H and O–H groups in total. The molecule has 1 aliphatic rings. The van der Waals surface area contributed by atoms with Gasteiger partial charge in [0.15, 0.2) is 11.7 Å². The third-order valence-corrected chi connectivity index (χ3v) is 5.09. The van der Waals surface area contributed by atoms with E-state index in [0.717, 1.165) is 21.8 Å². The van der Waals surface area contributed by atoms with Crippen molar-refractivity contribution in [3.8, 4) is 5.75 Å². The predicted molar refractivity (Wildman–Crippen MR) is 106 cm³/mol. The summed E-state index contributed by atoms with van der Waals surface area (Å²) in [5.41, 5.74) is 4.89. The molecule has 1 fully saturated rings. The van der Waals surface area contributed by atoms with Crippen LogP contribution < -0.4 is 20.9 Å². The van der Waals surface area contributed by atoms with E-state index in [2.05, 4.69) is 48.0 Å². The fourth-order valence-electron chi connectivity index (χ4n) is 2.58. The van der Waals surface area contributed by atoms with Gasteiger partial charge in [-0.05, 0) is 65.1 Å². The molecular weight excluding hydrogens is 474 g/mol. The molecule has 0 atom stereocenters. The maximum atomic E-state index is 11.8. The van der Waals surface area contributed by atoms with Crippen LogP contribution in [-0.4, -0.2) is 23.5 Å². The van der Waals surface area contributed by atoms with Crippen molar-refractivity contribution < 1.29 is 14.3 Å². The molecule has 136 valence electrons. The first-order valence-electron chi connectivity index (χ1n) is 7.90. The molecule has 1 aromatic carbocycles. The quantitative estimate of drug-likeness (QED) is 0.434. The predicted octanol–water partition coefficient (Wildman–Crippen LogP) is 3.19. The van der Waals surface area contributed by atoms with Crippen LogP contribution in [0.4, 0.5) is 0 Å². The van der Waals surface area contributed by atoms with Crippen LogP contribution >= 0.6 is 44.1 Å². The average molecular weight is 493 g/mol. The minimum atomic E-state index is -0.415. The summed E-state index contributed by atoms with van der Waals surface area (Å²) in [6.45, 7) is -0.189. The van der Waals surface area contributed by atoms with Crippen LogP contribution in [-0.2, 0) is 9.59 Å². The van der Waals surface area contributed by atoms with Crippen LogP contribution in [0.5, 0.6) is 5.75 Å². The molecule has 0 aromatic heterocycles. The SMILES string of the molecule is O=C(COc1ccc(Br)cc1Br)NNC(=S)NC(=O)CC1CCCC1. The van der Waals surface area contributed by atoms with E-state index in [-0.39, 0.29) is 17.6 Å². The number of benzene rings is 1. The van der Waals surface area contributed by atoms with Gasteiger partial charge >= 0.3 is 0 Å². The number of carbonyl (C=O) groups excluding carboxylic acids is 2. The van der Waals surface area contributed by atoms with Gasteiger partial charge in [0.2, 0.25) is 5.91 Å². The molecule has 0 radical (unpaired) electrons. The van der Waals surface area contributed by atoms with Crippen LogP contribution in [0.25, 0.3) is 0 Å². The number of nitrogens with one attached hydrogen (secondary N) is 3. The summed E-state index contributed by atoms with van der Waals surface area (Å²) in [5, 5.41) is 2.63. The highest BCUT2D eigenvalue weighted by atomic mass is 79.9. The van der Waals surface area contributed by atoms with Crippen molar-refractivity contribution in [3.05, 3.63) is 27.1 Å². The highest BCUT2D eigenvalue weighted by Crippen LogP contribution is 2.28. The van der Waals surface area contributed by atoms with Gasteiger partial charge < -0.3 is 10.1 Å². The third kappa shape index (κ3) is 7.29. The summed E-state index contributed by atoms with van der Waals surface area (Å²) < 4.78 is 7.04. The number of ether oxygens (including phenoxy) is 1. The maximum Gasteiger partial charge on any atom is 0.276 e. The molecule has 9 heteroatoms. The Hall–Kier alpha value is -1.19. The van der Waals surface area contributed by atoms with E-state index in [1.54, 1.807) is 6.07 Å². The molecule has 0 unspecified atom stereocenters. The molecule has 6 nitrogen and oxygen atoms in total. The summed E-state index contributed by atoms with van der Waals surface area (Å²) in [5.74, 6) is 0.442. The minimum Gasteiger partial charge on any atom is -0.483 e. The number of carbonyl (C=O) groups is 2. The Kier molecular flexibility index (Phi) is 8.11. The Morgan fingerprint density at radius 2 is 1.88 bits per heavy atom. The second-order valence-electron chi connectivity index (χ2n) is 5.77. The Morgan fingerprint density at radius 3 is 2.56 bits per heavy atom. The lowest BCUT2D eigenvalue weighted by atomic mass is 10.0. The molecule has 0 aliphatic heterocycles. The van der Waals surface area contributed by atoms with Gasteiger partial charge in [-0.1, -0.05) is 28.8 Å². The maximum absolute atomic E-state index is 11.8. The Labute approximate surface area is 168 Å². The van der Waals surface area contributed by atoms with E-state index in [4.69, 9.17) is 17.0 Å². The number of thiocarbonyl (C=S) groups is 1. The Bertz CT molecular complexity index is 652. The highest BCUT2D eigenvalue weighted by molar-refractivity contribution is 9.11. The lowest BCUT2D eigenvalue weighted by molar-refractivity contribution is -0.124. The number of halogens is 2. The number of hydrazine groups is 1. The largest absolute Gasteiger partial charge is 0.483 e. The van der Waals surface area contributed by atoms with E-state index in [1.807, 2.05) is 12.1 Å². The highest BCUT2D eigenvalue weighted by Gasteiger charge is 2.18. The van der Waals surface area contributed by atoms with Gasteiger partial charge in [-0.15, -0.1) is 0 Å². The first-order valence-corrected chi connectivity index (χ1v) is 9.90. The van der Waals surface area contributed by atoms with Crippen molar-refractivity contribution in [2.24, 2.45) is 5.92 Å². The molecule has 1 aromatic rings. The van der Waals surface area contributed by atoms with Crippen molar-refractivity contribution in [1.82, 2.24) is 16.2 Å². The lowest BCUT2D eigenvalue weighted by Gasteiger charge is -2.13. The van der Waals surface area contributed by atoms with E-state index >= 15 is 0 Å². The lowest BCUT2D eigenvalue weighted by Crippen LogP contribution is -2.49. The summed E-state index contributed by atoms with van der Waals surface area (Å²) in [6.07, 6.45) is 5.02. The number of hydrogen-bond acceptors (Lipinski definition) is 4. The van der Waals surface area contributed by atoms with Crippen LogP contribution in [0, 0.1) is 5.92 Å². The molecule has 0 heterocycles. The third-order valence-electron chi connectivity index (χ3n) is 3.77. The Morgan fingerprint density at radius 1 is 1.16 bits per heavy atom. The zero-order chi connectivity index (χ0) is 18.2. The van der Waals surface area contributed by atoms with Gasteiger partial charge in [-0.2, -0.15) is 0 Å². The molecule has 1 saturated carbocycles. The second kappa shape index (κ2) is 10.1. The molecule has 25 heavy (non-hydrogen) atoms. The standard InChI is InChI=1S/C16H19Br2N3O3S/c17-11-5-6-13(12(18)8-11)24-9-15(23)20-21-16(25)19-14(22)7-10-3-1-2-4-10/h5-6,8,10H,1-4,7,9H2,(H,20,23)(H2,19,21,22,25). The van der Waals surface area contributed by atoms with E-state index < -0.39 is 5.91 Å². The van der Waals surface area contributed by atoms with E-state index in [9.17, 15) is 9.59 Å². The number of amides is 2. The zero-order valence-electron chi connectivity index (χ0n) is 13.4. The van der Waals surface area contributed by atoms with E-state index in [1.165, 1.54) is 12.8 Å². The first-order chi connectivity index (χ1) is 11.9. The monoisotopic (exact) mass is 491 g/mol. The molecular formula is C16H19Br2N3O3S.